The minimum atomic E-state index is -3.94. The fraction of sp³-hybridized carbons (Fsp3) is 0.238. The molecule has 1 N–H and O–H groups in total. The lowest BCUT2D eigenvalue weighted by Crippen LogP contribution is -2.30. The fourth-order valence-electron chi connectivity index (χ4n) is 2.97. The molecule has 0 bridgehead atoms. The van der Waals surface area contributed by atoms with Gasteiger partial charge in [-0.25, -0.2) is 18.2 Å². The summed E-state index contributed by atoms with van der Waals surface area (Å²) in [5.41, 5.74) is 1.17. The number of anilines is 2. The summed E-state index contributed by atoms with van der Waals surface area (Å²) in [5.74, 6) is -0.993. The van der Waals surface area contributed by atoms with Crippen molar-refractivity contribution in [2.24, 2.45) is 7.05 Å². The fourth-order valence-corrected chi connectivity index (χ4v) is 4.21. The van der Waals surface area contributed by atoms with Crippen LogP contribution in [0, 0.1) is 6.92 Å². The average molecular weight is 458 g/mol. The number of amides is 1. The molecular formula is C21H23N5O5S. The van der Waals surface area contributed by atoms with Gasteiger partial charge >= 0.3 is 5.97 Å². The van der Waals surface area contributed by atoms with E-state index in [0.29, 0.717) is 0 Å². The third kappa shape index (κ3) is 4.62. The van der Waals surface area contributed by atoms with Crippen molar-refractivity contribution >= 4 is 33.5 Å². The van der Waals surface area contributed by atoms with Crippen LogP contribution in [0.3, 0.4) is 0 Å². The number of nitrogens with zero attached hydrogens (tertiary/aromatic N) is 4. The molecule has 10 nitrogen and oxygen atoms in total. The van der Waals surface area contributed by atoms with Crippen LogP contribution in [0.2, 0.25) is 0 Å². The molecule has 1 aromatic carbocycles. The van der Waals surface area contributed by atoms with Crippen molar-refractivity contribution in [3.8, 4) is 0 Å². The number of aryl methyl sites for hydroxylation is 2. The zero-order chi connectivity index (χ0) is 23.5. The molecule has 2 aromatic heterocycles. The lowest BCUT2D eigenvalue weighted by Gasteiger charge is -2.21. The van der Waals surface area contributed by atoms with Gasteiger partial charge in [0.05, 0.1) is 23.3 Å². The van der Waals surface area contributed by atoms with E-state index in [4.69, 9.17) is 4.74 Å². The molecule has 0 unspecified atom stereocenters. The number of aromatic nitrogens is 3. The standard InChI is InChI=1S/C21H23N5O5S/c1-5-31-21(28)15-10-11-22-18(12-15)24-19(27)17-13-23-25(3)20(17)26(4)32(29,30)16-8-6-14(2)7-9-16/h6-13H,5H2,1-4H3,(H,22,24,27). The molecule has 0 aliphatic rings. The normalized spacial score (nSPS) is 11.1. The Kier molecular flexibility index (Phi) is 6.58. The third-order valence-electron chi connectivity index (χ3n) is 4.64. The number of hydrogen-bond acceptors (Lipinski definition) is 7. The molecule has 0 atom stereocenters. The van der Waals surface area contributed by atoms with Crippen molar-refractivity contribution < 1.29 is 22.7 Å². The van der Waals surface area contributed by atoms with E-state index in [1.54, 1.807) is 19.1 Å². The van der Waals surface area contributed by atoms with E-state index in [-0.39, 0.29) is 34.3 Å². The Morgan fingerprint density at radius 2 is 1.88 bits per heavy atom. The zero-order valence-electron chi connectivity index (χ0n) is 18.1. The second-order valence-electron chi connectivity index (χ2n) is 6.90. The Morgan fingerprint density at radius 1 is 1.19 bits per heavy atom. The van der Waals surface area contributed by atoms with Gasteiger partial charge in [0.25, 0.3) is 15.9 Å². The van der Waals surface area contributed by atoms with E-state index in [0.717, 1.165) is 9.87 Å². The van der Waals surface area contributed by atoms with Gasteiger partial charge in [0, 0.05) is 20.3 Å². The number of rotatable bonds is 7. The van der Waals surface area contributed by atoms with Gasteiger partial charge in [-0.05, 0) is 38.1 Å². The Labute approximate surface area is 185 Å². The van der Waals surface area contributed by atoms with Crippen LogP contribution in [0.5, 0.6) is 0 Å². The molecule has 168 valence electrons. The van der Waals surface area contributed by atoms with E-state index in [9.17, 15) is 18.0 Å². The summed E-state index contributed by atoms with van der Waals surface area (Å²) in [6, 6.07) is 9.23. The monoisotopic (exact) mass is 457 g/mol. The number of hydrogen-bond donors (Lipinski definition) is 1. The van der Waals surface area contributed by atoms with Crippen LogP contribution >= 0.6 is 0 Å². The number of carbonyl (C=O) groups is 2. The molecule has 0 aliphatic heterocycles. The minimum Gasteiger partial charge on any atom is -0.462 e. The molecule has 3 aromatic rings. The smallest absolute Gasteiger partial charge is 0.338 e. The zero-order valence-corrected chi connectivity index (χ0v) is 18.9. The molecule has 3 rings (SSSR count). The van der Waals surface area contributed by atoms with Gasteiger partial charge in [0.1, 0.15) is 11.4 Å². The predicted octanol–water partition coefficient (Wildman–Crippen LogP) is 2.38. The van der Waals surface area contributed by atoms with Crippen molar-refractivity contribution in [1.82, 2.24) is 14.8 Å². The number of sulfonamides is 1. The first-order valence-electron chi connectivity index (χ1n) is 9.67. The predicted molar refractivity (Wildman–Crippen MR) is 118 cm³/mol. The molecule has 32 heavy (non-hydrogen) atoms. The highest BCUT2D eigenvalue weighted by Crippen LogP contribution is 2.26. The van der Waals surface area contributed by atoms with Gasteiger partial charge in [-0.3, -0.25) is 13.8 Å². The first-order chi connectivity index (χ1) is 15.1. The maximum atomic E-state index is 13.1. The number of benzene rings is 1. The lowest BCUT2D eigenvalue weighted by molar-refractivity contribution is 0.0526. The highest BCUT2D eigenvalue weighted by atomic mass is 32.2. The molecule has 11 heteroatoms. The number of ether oxygens (including phenoxy) is 1. The van der Waals surface area contributed by atoms with Gasteiger partial charge in [0.15, 0.2) is 5.82 Å². The number of nitrogens with one attached hydrogen (secondary N) is 1. The Morgan fingerprint density at radius 3 is 2.53 bits per heavy atom. The molecule has 0 saturated carbocycles. The van der Waals surface area contributed by atoms with Gasteiger partial charge in [0.2, 0.25) is 0 Å². The second kappa shape index (κ2) is 9.18. The van der Waals surface area contributed by atoms with Crippen molar-refractivity contribution in [3.05, 3.63) is 65.5 Å². The van der Waals surface area contributed by atoms with Crippen LogP contribution in [0.1, 0.15) is 33.2 Å². The van der Waals surface area contributed by atoms with E-state index < -0.39 is 21.9 Å². The number of carbonyl (C=O) groups excluding carboxylic acids is 2. The van der Waals surface area contributed by atoms with E-state index in [1.807, 2.05) is 6.92 Å². The lowest BCUT2D eigenvalue weighted by atomic mass is 10.2. The van der Waals surface area contributed by atoms with Gasteiger partial charge in [-0.2, -0.15) is 5.10 Å². The van der Waals surface area contributed by atoms with Crippen LogP contribution in [0.4, 0.5) is 11.6 Å². The largest absolute Gasteiger partial charge is 0.462 e. The summed E-state index contributed by atoms with van der Waals surface area (Å²) in [6.45, 7) is 3.76. The molecule has 0 aliphatic carbocycles. The summed E-state index contributed by atoms with van der Waals surface area (Å²) in [7, 11) is -1.05. The topological polar surface area (TPSA) is 123 Å². The van der Waals surface area contributed by atoms with Crippen molar-refractivity contribution in [1.29, 1.82) is 0 Å². The summed E-state index contributed by atoms with van der Waals surface area (Å²) in [5, 5.41) is 6.62. The SMILES string of the molecule is CCOC(=O)c1ccnc(NC(=O)c2cnn(C)c2N(C)S(=O)(=O)c2ccc(C)cc2)c1. The summed E-state index contributed by atoms with van der Waals surface area (Å²) < 4.78 is 33.4. The quantitative estimate of drug-likeness (QED) is 0.540. The average Bonchev–Trinajstić information content (AvgIpc) is 3.15. The van der Waals surface area contributed by atoms with Crippen LogP contribution in [0.15, 0.2) is 53.7 Å². The first kappa shape index (κ1) is 22.9. The van der Waals surface area contributed by atoms with Crippen molar-refractivity contribution in [3.63, 3.8) is 0 Å². The Bertz CT molecular complexity index is 1250. The molecular weight excluding hydrogens is 434 g/mol. The van der Waals surface area contributed by atoms with E-state index in [1.165, 1.54) is 55.4 Å². The van der Waals surface area contributed by atoms with Crippen LogP contribution in [-0.2, 0) is 21.8 Å². The van der Waals surface area contributed by atoms with Gasteiger partial charge in [-0.1, -0.05) is 17.7 Å². The first-order valence-corrected chi connectivity index (χ1v) is 11.1. The van der Waals surface area contributed by atoms with Crippen LogP contribution < -0.4 is 9.62 Å². The molecule has 0 radical (unpaired) electrons. The minimum absolute atomic E-state index is 0.0222. The maximum absolute atomic E-state index is 13.1. The molecule has 0 spiro atoms. The highest BCUT2D eigenvalue weighted by molar-refractivity contribution is 7.92. The van der Waals surface area contributed by atoms with Crippen molar-refractivity contribution in [2.45, 2.75) is 18.7 Å². The molecule has 0 saturated heterocycles. The summed E-state index contributed by atoms with van der Waals surface area (Å²) in [4.78, 5) is 29.0. The molecule has 0 fully saturated rings. The molecule has 1 amide bonds. The molecule has 2 heterocycles. The second-order valence-corrected chi connectivity index (χ2v) is 8.86. The maximum Gasteiger partial charge on any atom is 0.338 e. The summed E-state index contributed by atoms with van der Waals surface area (Å²) >= 11 is 0. The van der Waals surface area contributed by atoms with Crippen molar-refractivity contribution in [2.75, 3.05) is 23.3 Å². The van der Waals surface area contributed by atoms with Gasteiger partial charge in [-0.15, -0.1) is 0 Å². The van der Waals surface area contributed by atoms with E-state index in [2.05, 4.69) is 15.4 Å². The Hall–Kier alpha value is -3.73. The summed E-state index contributed by atoms with van der Waals surface area (Å²) in [6.07, 6.45) is 2.63. The highest BCUT2D eigenvalue weighted by Gasteiger charge is 2.28. The van der Waals surface area contributed by atoms with E-state index >= 15 is 0 Å². The Balaban J connectivity index is 1.90. The number of esters is 1. The van der Waals surface area contributed by atoms with Crippen LogP contribution in [0.25, 0.3) is 0 Å². The third-order valence-corrected chi connectivity index (χ3v) is 6.40. The van der Waals surface area contributed by atoms with Crippen LogP contribution in [-0.4, -0.2) is 48.7 Å². The number of pyridine rings is 1. The van der Waals surface area contributed by atoms with Gasteiger partial charge < -0.3 is 10.1 Å².